The van der Waals surface area contributed by atoms with E-state index in [0.29, 0.717) is 45.1 Å². The zero-order valence-electron chi connectivity index (χ0n) is 17.2. The predicted molar refractivity (Wildman–Crippen MR) is 127 cm³/mol. The highest BCUT2D eigenvalue weighted by Gasteiger charge is 2.35. The molecule has 0 saturated heterocycles. The van der Waals surface area contributed by atoms with Crippen LogP contribution in [0.3, 0.4) is 0 Å². The molecule has 0 spiro atoms. The van der Waals surface area contributed by atoms with Crippen molar-refractivity contribution in [3.8, 4) is 0 Å². The lowest BCUT2D eigenvalue weighted by Crippen LogP contribution is -2.44. The summed E-state index contributed by atoms with van der Waals surface area (Å²) in [6.45, 7) is 0. The standard InChI is InChI=1S/C24H10BClF2N6/c26-25-33-21-13-7-3-4-8-14(13)22(33)32-24-16-10-18(28)17(27)9-15(16)23(34(24)25)31-20-12-6-2-1-5-11(12)19(29-20)30-21/h1-10H. The summed E-state index contributed by atoms with van der Waals surface area (Å²) in [6, 6.07) is 17.7. The minimum atomic E-state index is -0.966. The number of aromatic nitrogens is 2. The Morgan fingerprint density at radius 3 is 1.79 bits per heavy atom. The monoisotopic (exact) mass is 466 g/mol. The first-order valence-electron chi connectivity index (χ1n) is 10.6. The molecule has 0 radical (unpaired) electrons. The highest BCUT2D eigenvalue weighted by atomic mass is 35.5. The molecule has 34 heavy (non-hydrogen) atoms. The minimum absolute atomic E-state index is 0.360. The van der Waals surface area contributed by atoms with Crippen LogP contribution in [0.25, 0.3) is 21.5 Å². The van der Waals surface area contributed by atoms with Gasteiger partial charge in [-0.2, -0.15) is 0 Å². The SMILES string of the molecule is Fc1cc2c3n4c(c2cc1F)N=c1c2ccccc2c(n1B4Cl)=NC1=NC(=N3)c2ccccc21. The van der Waals surface area contributed by atoms with E-state index >= 15 is 0 Å². The summed E-state index contributed by atoms with van der Waals surface area (Å²) in [5.41, 5.74) is 2.84. The van der Waals surface area contributed by atoms with E-state index < -0.39 is 18.0 Å². The van der Waals surface area contributed by atoms with E-state index in [0.717, 1.165) is 34.0 Å². The highest BCUT2D eigenvalue weighted by molar-refractivity contribution is 7.05. The fraction of sp³-hybridized carbons (Fsp3) is 0. The van der Waals surface area contributed by atoms with Crippen molar-refractivity contribution in [3.63, 3.8) is 0 Å². The molecule has 0 amide bonds. The van der Waals surface area contributed by atoms with Gasteiger partial charge in [-0.05, 0) is 12.1 Å². The second-order valence-electron chi connectivity index (χ2n) is 8.34. The van der Waals surface area contributed by atoms with E-state index in [4.69, 9.17) is 31.4 Å². The van der Waals surface area contributed by atoms with Crippen molar-refractivity contribution < 1.29 is 8.78 Å². The lowest BCUT2D eigenvalue weighted by Gasteiger charge is -2.18. The maximum atomic E-state index is 14.4. The summed E-state index contributed by atoms with van der Waals surface area (Å²) in [7, 11) is 0. The minimum Gasteiger partial charge on any atom is -0.319 e. The molecular formula is C24H10BClF2N6. The molecule has 3 aromatic carbocycles. The first-order valence-corrected chi connectivity index (χ1v) is 11.0. The Morgan fingerprint density at radius 1 is 0.618 bits per heavy atom. The van der Waals surface area contributed by atoms with Crippen LogP contribution in [-0.2, 0) is 0 Å². The van der Waals surface area contributed by atoms with E-state index in [1.54, 1.807) is 4.48 Å². The summed E-state index contributed by atoms with van der Waals surface area (Å²) >= 11 is 7.09. The average Bonchev–Trinajstić information content (AvgIpc) is 3.45. The number of halogens is 3. The van der Waals surface area contributed by atoms with Crippen molar-refractivity contribution in [2.45, 2.75) is 0 Å². The molecule has 3 aliphatic heterocycles. The van der Waals surface area contributed by atoms with Gasteiger partial charge in [-0.15, -0.1) is 11.5 Å². The van der Waals surface area contributed by atoms with Crippen LogP contribution >= 0.6 is 11.5 Å². The smallest absolute Gasteiger partial charge is 0.319 e. The molecular weight excluding hydrogens is 457 g/mol. The normalized spacial score (nSPS) is 15.1. The van der Waals surface area contributed by atoms with E-state index in [1.807, 2.05) is 53.0 Å². The number of aliphatic imine (C=N–C) groups is 2. The van der Waals surface area contributed by atoms with Gasteiger partial charge in [0.05, 0.1) is 0 Å². The van der Waals surface area contributed by atoms with Gasteiger partial charge < -0.3 is 8.96 Å². The van der Waals surface area contributed by atoms with Crippen LogP contribution in [0.1, 0.15) is 11.1 Å². The Bertz CT molecular complexity index is 1970. The summed E-state index contributed by atoms with van der Waals surface area (Å²) in [4.78, 5) is 19.4. The first kappa shape index (κ1) is 18.3. The van der Waals surface area contributed by atoms with Crippen molar-refractivity contribution in [2.24, 2.45) is 20.0 Å². The van der Waals surface area contributed by atoms with E-state index in [9.17, 15) is 8.78 Å². The first-order chi connectivity index (χ1) is 16.6. The van der Waals surface area contributed by atoms with E-state index in [2.05, 4.69) is 0 Å². The summed E-state index contributed by atoms with van der Waals surface area (Å²) < 4.78 is 32.2. The molecule has 4 bridgehead atoms. The summed E-state index contributed by atoms with van der Waals surface area (Å²) in [5.74, 6) is -0.215. The van der Waals surface area contributed by atoms with Crippen molar-refractivity contribution in [1.82, 2.24) is 8.96 Å². The van der Waals surface area contributed by atoms with Crippen molar-refractivity contribution >= 4 is 62.7 Å². The Kier molecular flexibility index (Phi) is 3.27. The largest absolute Gasteiger partial charge is 0.499 e. The summed E-state index contributed by atoms with van der Waals surface area (Å²) in [5, 5.41) is 2.55. The third-order valence-corrected chi connectivity index (χ3v) is 6.94. The van der Waals surface area contributed by atoms with Crippen molar-refractivity contribution in [1.29, 1.82) is 0 Å². The fourth-order valence-corrected chi connectivity index (χ4v) is 5.42. The maximum Gasteiger partial charge on any atom is 0.499 e. The van der Waals surface area contributed by atoms with E-state index in [1.165, 1.54) is 0 Å². The van der Waals surface area contributed by atoms with Gasteiger partial charge in [-0.25, -0.2) is 28.8 Å². The number of hydrogen-bond acceptors (Lipinski definition) is 4. The Labute approximate surface area is 194 Å². The van der Waals surface area contributed by atoms with Crippen molar-refractivity contribution in [2.75, 3.05) is 0 Å². The topological polar surface area (TPSA) is 59.3 Å². The summed E-state index contributed by atoms with van der Waals surface area (Å²) in [6.07, 6.45) is -0.812. The lowest BCUT2D eigenvalue weighted by atomic mass is 10.1. The molecule has 0 fully saturated rings. The highest BCUT2D eigenvalue weighted by Crippen LogP contribution is 2.42. The average molecular weight is 467 g/mol. The second-order valence-corrected chi connectivity index (χ2v) is 8.73. The molecule has 6 nitrogen and oxygen atoms in total. The molecule has 0 unspecified atom stereocenters. The van der Waals surface area contributed by atoms with Gasteiger partial charge >= 0.3 is 6.40 Å². The van der Waals surface area contributed by atoms with Gasteiger partial charge in [0, 0.05) is 32.7 Å². The lowest BCUT2D eigenvalue weighted by molar-refractivity contribution is 0.511. The van der Waals surface area contributed by atoms with Gasteiger partial charge in [0.1, 0.15) is 22.6 Å². The van der Waals surface area contributed by atoms with E-state index in [-0.39, 0.29) is 0 Å². The van der Waals surface area contributed by atoms with Gasteiger partial charge in [-0.1, -0.05) is 48.5 Å². The second kappa shape index (κ2) is 6.06. The Morgan fingerprint density at radius 2 is 1.15 bits per heavy atom. The molecule has 5 heterocycles. The van der Waals surface area contributed by atoms with Gasteiger partial charge in [0.15, 0.2) is 23.3 Å². The Balaban J connectivity index is 1.68. The molecule has 160 valence electrons. The Hall–Kier alpha value is -4.11. The number of hydrogen-bond donors (Lipinski definition) is 0. The molecule has 10 heteroatoms. The number of benzene rings is 3. The number of nitrogens with zero attached hydrogens (tertiary/aromatic N) is 6. The van der Waals surface area contributed by atoms with Gasteiger partial charge in [0.2, 0.25) is 0 Å². The van der Waals surface area contributed by atoms with Crippen LogP contribution in [0, 0.1) is 11.6 Å². The molecule has 0 saturated carbocycles. The molecule has 0 aliphatic carbocycles. The third kappa shape index (κ3) is 2.11. The molecule has 5 aromatic rings. The van der Waals surface area contributed by atoms with Crippen LogP contribution in [0.4, 0.5) is 20.4 Å². The van der Waals surface area contributed by atoms with Crippen molar-refractivity contribution in [3.05, 3.63) is 94.4 Å². The molecule has 3 aliphatic rings. The van der Waals surface area contributed by atoms with Crippen LogP contribution in [0.15, 0.2) is 80.6 Å². The zero-order valence-corrected chi connectivity index (χ0v) is 17.9. The molecule has 8 rings (SSSR count). The van der Waals surface area contributed by atoms with Crippen LogP contribution in [0.5, 0.6) is 0 Å². The van der Waals surface area contributed by atoms with Gasteiger partial charge in [0.25, 0.3) is 0 Å². The predicted octanol–water partition coefficient (Wildman–Crippen LogP) is 4.23. The maximum absolute atomic E-state index is 14.4. The number of rotatable bonds is 0. The van der Waals surface area contributed by atoms with Gasteiger partial charge in [-0.3, -0.25) is 0 Å². The molecule has 0 N–H and O–H groups in total. The quantitative estimate of drug-likeness (QED) is 0.307. The van der Waals surface area contributed by atoms with Crippen LogP contribution in [-0.4, -0.2) is 27.0 Å². The molecule has 0 atom stereocenters. The van der Waals surface area contributed by atoms with Crippen LogP contribution in [0.2, 0.25) is 0 Å². The third-order valence-electron chi connectivity index (χ3n) is 6.55. The fourth-order valence-electron chi connectivity index (χ4n) is 5.05. The van der Waals surface area contributed by atoms with Crippen LogP contribution < -0.4 is 11.0 Å². The number of amidine groups is 2. The molecule has 2 aromatic heterocycles. The zero-order chi connectivity index (χ0) is 22.7. The number of fused-ring (bicyclic) bond motifs is 10.